The second-order valence-corrected chi connectivity index (χ2v) is 9.64. The SMILES string of the molecule is CC(C)(C)OCCN1CCC(C2CCN(C(C)(C)C)CC2)CC1. The molecule has 0 spiro atoms. The number of rotatable bonds is 4. The smallest absolute Gasteiger partial charge is 0.0600 e. The number of ether oxygens (including phenoxy) is 1. The number of likely N-dealkylation sites (tertiary alicyclic amines) is 2. The first kappa shape index (κ1) is 19.2. The Hall–Kier alpha value is -0.120. The molecule has 23 heavy (non-hydrogen) atoms. The Labute approximate surface area is 144 Å². The standard InChI is InChI=1S/C20H40N2O/c1-19(2,3)22-13-9-18(10-14-22)17-7-11-21(12-8-17)15-16-23-20(4,5)6/h17-18H,7-16H2,1-6H3. The van der Waals surface area contributed by atoms with Crippen LogP contribution in [0.4, 0.5) is 0 Å². The molecule has 0 N–H and O–H groups in total. The van der Waals surface area contributed by atoms with Crippen molar-refractivity contribution in [1.82, 2.24) is 9.80 Å². The molecular formula is C20H40N2O. The molecule has 0 amide bonds. The average molecular weight is 325 g/mol. The molecule has 0 aromatic heterocycles. The van der Waals surface area contributed by atoms with Crippen molar-refractivity contribution in [1.29, 1.82) is 0 Å². The zero-order valence-corrected chi connectivity index (χ0v) is 16.5. The van der Waals surface area contributed by atoms with Crippen molar-refractivity contribution in [2.24, 2.45) is 11.8 Å². The molecule has 3 nitrogen and oxygen atoms in total. The molecule has 0 aromatic rings. The first-order chi connectivity index (χ1) is 10.6. The Bertz CT molecular complexity index is 340. The van der Waals surface area contributed by atoms with E-state index in [2.05, 4.69) is 51.3 Å². The zero-order chi connectivity index (χ0) is 17.1. The summed E-state index contributed by atoms with van der Waals surface area (Å²) in [6, 6.07) is 0. The van der Waals surface area contributed by atoms with Crippen LogP contribution in [0.15, 0.2) is 0 Å². The fourth-order valence-electron chi connectivity index (χ4n) is 4.17. The molecule has 136 valence electrons. The quantitative estimate of drug-likeness (QED) is 0.776. The fraction of sp³-hybridized carbons (Fsp3) is 1.00. The molecule has 0 unspecified atom stereocenters. The van der Waals surface area contributed by atoms with Crippen molar-refractivity contribution in [3.63, 3.8) is 0 Å². The lowest BCUT2D eigenvalue weighted by Gasteiger charge is -2.44. The maximum absolute atomic E-state index is 5.87. The van der Waals surface area contributed by atoms with Crippen molar-refractivity contribution in [3.8, 4) is 0 Å². The Balaban J connectivity index is 1.65. The third kappa shape index (κ3) is 6.36. The third-order valence-electron chi connectivity index (χ3n) is 5.73. The van der Waals surface area contributed by atoms with Gasteiger partial charge >= 0.3 is 0 Å². The van der Waals surface area contributed by atoms with E-state index >= 15 is 0 Å². The summed E-state index contributed by atoms with van der Waals surface area (Å²) in [6.07, 6.45) is 5.62. The second-order valence-electron chi connectivity index (χ2n) is 9.64. The molecule has 2 heterocycles. The molecule has 2 aliphatic heterocycles. The summed E-state index contributed by atoms with van der Waals surface area (Å²) < 4.78 is 5.87. The lowest BCUT2D eigenvalue weighted by atomic mass is 9.78. The van der Waals surface area contributed by atoms with Gasteiger partial charge in [-0.3, -0.25) is 4.90 Å². The van der Waals surface area contributed by atoms with E-state index in [0.29, 0.717) is 5.54 Å². The van der Waals surface area contributed by atoms with Gasteiger partial charge < -0.3 is 9.64 Å². The third-order valence-corrected chi connectivity index (χ3v) is 5.73. The van der Waals surface area contributed by atoms with Gasteiger partial charge in [-0.05, 0) is 105 Å². The Morgan fingerprint density at radius 3 is 1.70 bits per heavy atom. The highest BCUT2D eigenvalue weighted by atomic mass is 16.5. The molecule has 0 bridgehead atoms. The molecule has 2 rings (SSSR count). The summed E-state index contributed by atoms with van der Waals surface area (Å²) in [5, 5.41) is 0. The molecule has 3 heteroatoms. The summed E-state index contributed by atoms with van der Waals surface area (Å²) in [4.78, 5) is 5.27. The van der Waals surface area contributed by atoms with Crippen LogP contribution in [0.1, 0.15) is 67.2 Å². The van der Waals surface area contributed by atoms with Gasteiger partial charge in [0.2, 0.25) is 0 Å². The van der Waals surface area contributed by atoms with Crippen molar-refractivity contribution in [3.05, 3.63) is 0 Å². The van der Waals surface area contributed by atoms with E-state index in [4.69, 9.17) is 4.74 Å². The van der Waals surface area contributed by atoms with Gasteiger partial charge in [-0.1, -0.05) is 0 Å². The van der Waals surface area contributed by atoms with Gasteiger partial charge in [0.1, 0.15) is 0 Å². The van der Waals surface area contributed by atoms with E-state index in [-0.39, 0.29) is 5.60 Å². The Morgan fingerprint density at radius 1 is 0.783 bits per heavy atom. The fourth-order valence-corrected chi connectivity index (χ4v) is 4.17. The molecule has 0 radical (unpaired) electrons. The first-order valence-electron chi connectivity index (χ1n) is 9.76. The number of nitrogens with zero attached hydrogens (tertiary/aromatic N) is 2. The van der Waals surface area contributed by atoms with Crippen LogP contribution in [0, 0.1) is 11.8 Å². The Morgan fingerprint density at radius 2 is 1.26 bits per heavy atom. The molecule has 2 fully saturated rings. The monoisotopic (exact) mass is 324 g/mol. The van der Waals surface area contributed by atoms with E-state index in [0.717, 1.165) is 25.0 Å². The van der Waals surface area contributed by atoms with Crippen LogP contribution < -0.4 is 0 Å². The summed E-state index contributed by atoms with van der Waals surface area (Å²) in [7, 11) is 0. The second kappa shape index (κ2) is 7.84. The zero-order valence-electron chi connectivity index (χ0n) is 16.5. The summed E-state index contributed by atoms with van der Waals surface area (Å²) in [5.41, 5.74) is 0.348. The largest absolute Gasteiger partial charge is 0.375 e. The van der Waals surface area contributed by atoms with Gasteiger partial charge in [-0.15, -0.1) is 0 Å². The number of hydrogen-bond donors (Lipinski definition) is 0. The van der Waals surface area contributed by atoms with Gasteiger partial charge in [0.05, 0.1) is 12.2 Å². The van der Waals surface area contributed by atoms with Crippen LogP contribution in [0.25, 0.3) is 0 Å². The van der Waals surface area contributed by atoms with Crippen molar-refractivity contribution < 1.29 is 4.74 Å². The van der Waals surface area contributed by atoms with Crippen LogP contribution in [-0.2, 0) is 4.74 Å². The summed E-state index contributed by atoms with van der Waals surface area (Å²) >= 11 is 0. The minimum Gasteiger partial charge on any atom is -0.375 e. The van der Waals surface area contributed by atoms with E-state index in [1.54, 1.807) is 0 Å². The normalized spacial score (nSPS) is 24.3. The minimum atomic E-state index is -0.000647. The molecule has 0 saturated carbocycles. The molecule has 0 aliphatic carbocycles. The average Bonchev–Trinajstić information content (AvgIpc) is 2.46. The Kier molecular flexibility index (Phi) is 6.55. The predicted octanol–water partition coefficient (Wildman–Crippen LogP) is 4.02. The molecule has 2 aliphatic rings. The van der Waals surface area contributed by atoms with Gasteiger partial charge in [0, 0.05) is 12.1 Å². The van der Waals surface area contributed by atoms with Crippen molar-refractivity contribution >= 4 is 0 Å². The van der Waals surface area contributed by atoms with Gasteiger partial charge in [0.25, 0.3) is 0 Å². The van der Waals surface area contributed by atoms with Gasteiger partial charge in [0.15, 0.2) is 0 Å². The first-order valence-corrected chi connectivity index (χ1v) is 9.76. The van der Waals surface area contributed by atoms with E-state index in [1.165, 1.54) is 51.9 Å². The molecular weight excluding hydrogens is 284 g/mol. The summed E-state index contributed by atoms with van der Waals surface area (Å²) in [5.74, 6) is 1.94. The van der Waals surface area contributed by atoms with Crippen LogP contribution in [-0.4, -0.2) is 60.3 Å². The van der Waals surface area contributed by atoms with Crippen LogP contribution in [0.5, 0.6) is 0 Å². The van der Waals surface area contributed by atoms with E-state index in [9.17, 15) is 0 Å². The topological polar surface area (TPSA) is 15.7 Å². The highest BCUT2D eigenvalue weighted by molar-refractivity contribution is 4.86. The lowest BCUT2D eigenvalue weighted by molar-refractivity contribution is -0.0186. The molecule has 0 atom stereocenters. The van der Waals surface area contributed by atoms with Gasteiger partial charge in [-0.25, -0.2) is 0 Å². The maximum Gasteiger partial charge on any atom is 0.0600 e. The molecule has 0 aromatic carbocycles. The molecule has 2 saturated heterocycles. The highest BCUT2D eigenvalue weighted by Crippen LogP contribution is 2.34. The van der Waals surface area contributed by atoms with E-state index in [1.807, 2.05) is 0 Å². The highest BCUT2D eigenvalue weighted by Gasteiger charge is 2.32. The number of hydrogen-bond acceptors (Lipinski definition) is 3. The number of piperidine rings is 2. The van der Waals surface area contributed by atoms with Crippen molar-refractivity contribution in [2.75, 3.05) is 39.3 Å². The predicted molar refractivity (Wildman–Crippen MR) is 98.9 cm³/mol. The van der Waals surface area contributed by atoms with Crippen LogP contribution in [0.3, 0.4) is 0 Å². The van der Waals surface area contributed by atoms with Crippen LogP contribution in [0.2, 0.25) is 0 Å². The maximum atomic E-state index is 5.87. The van der Waals surface area contributed by atoms with Crippen LogP contribution >= 0.6 is 0 Å². The lowest BCUT2D eigenvalue weighted by Crippen LogP contribution is -2.48. The van der Waals surface area contributed by atoms with E-state index < -0.39 is 0 Å². The summed E-state index contributed by atoms with van der Waals surface area (Å²) in [6.45, 7) is 20.6. The van der Waals surface area contributed by atoms with Crippen molar-refractivity contribution in [2.45, 2.75) is 78.4 Å². The minimum absolute atomic E-state index is 0.000647. The van der Waals surface area contributed by atoms with Gasteiger partial charge in [-0.2, -0.15) is 0 Å².